The van der Waals surface area contributed by atoms with Gasteiger partial charge in [-0.2, -0.15) is 0 Å². The first kappa shape index (κ1) is 61.3. The summed E-state index contributed by atoms with van der Waals surface area (Å²) in [7, 11) is 0. The van der Waals surface area contributed by atoms with Crippen molar-refractivity contribution in [1.82, 2.24) is 0 Å². The third-order valence-corrected chi connectivity index (χ3v) is 11.7. The summed E-state index contributed by atoms with van der Waals surface area (Å²) < 4.78 is 17.4. The fraction of sp³-hybridized carbons (Fsp3) is 0.763. The monoisotopic (exact) mass is 893 g/mol. The molecule has 0 saturated heterocycles. The van der Waals surface area contributed by atoms with Gasteiger partial charge in [-0.15, -0.1) is 0 Å². The van der Waals surface area contributed by atoms with Crippen LogP contribution in [0, 0.1) is 0 Å². The molecule has 0 spiro atoms. The maximum Gasteiger partial charge on any atom is 0.306 e. The van der Waals surface area contributed by atoms with Gasteiger partial charge in [-0.1, -0.05) is 235 Å². The first-order chi connectivity index (χ1) is 31.6. The average molecular weight is 893 g/mol. The number of rotatable bonds is 50. The van der Waals surface area contributed by atoms with E-state index in [4.69, 9.17) is 14.2 Å². The second-order valence-electron chi connectivity index (χ2n) is 18.1. The molecule has 64 heavy (non-hydrogen) atoms. The van der Waals surface area contributed by atoms with Crippen LogP contribution in [0.1, 0.15) is 265 Å². The Labute approximate surface area is 397 Å². The van der Waals surface area contributed by atoms with Gasteiger partial charge in [0.2, 0.25) is 0 Å². The van der Waals surface area contributed by atoms with E-state index in [1.54, 1.807) is 0 Å². The van der Waals surface area contributed by atoms with Crippen LogP contribution in [0.4, 0.5) is 0 Å². The molecule has 0 aliphatic carbocycles. The van der Waals surface area contributed by atoms with E-state index in [1.165, 1.54) is 135 Å². The number of esters is 2. The molecule has 0 amide bonds. The molecule has 0 radical (unpaired) electrons. The first-order valence-corrected chi connectivity index (χ1v) is 27.5. The summed E-state index contributed by atoms with van der Waals surface area (Å²) in [6, 6.07) is 0. The lowest BCUT2D eigenvalue weighted by molar-refractivity contribution is -0.163. The molecule has 0 aromatic rings. The molecule has 0 fully saturated rings. The highest BCUT2D eigenvalue weighted by Gasteiger charge is 2.17. The van der Waals surface area contributed by atoms with Gasteiger partial charge in [0.1, 0.15) is 6.61 Å². The topological polar surface area (TPSA) is 61.8 Å². The SMILES string of the molecule is CC/C=C\C/C=C\C/C=C\C/C=C\CCCCCOCC(COC(=O)CCCCCCCCCCCCCCCCCCC)OC(=O)CCCCCCC/C=C\C/C=C\CCCCC. The summed E-state index contributed by atoms with van der Waals surface area (Å²) in [6.07, 6.45) is 70.6. The third kappa shape index (κ3) is 52.0. The first-order valence-electron chi connectivity index (χ1n) is 27.5. The highest BCUT2D eigenvalue weighted by molar-refractivity contribution is 5.70. The molecule has 1 unspecified atom stereocenters. The second-order valence-corrected chi connectivity index (χ2v) is 18.1. The van der Waals surface area contributed by atoms with Gasteiger partial charge in [0, 0.05) is 19.4 Å². The largest absolute Gasteiger partial charge is 0.462 e. The Bertz CT molecular complexity index is 1150. The molecule has 0 bridgehead atoms. The molecule has 5 heteroatoms. The van der Waals surface area contributed by atoms with E-state index in [0.717, 1.165) is 96.3 Å². The molecule has 370 valence electrons. The number of hydrogen-bond acceptors (Lipinski definition) is 5. The molecular formula is C59H104O5. The second kappa shape index (κ2) is 54.7. The number of ether oxygens (including phenoxy) is 3. The Hall–Kier alpha value is -2.66. The zero-order valence-corrected chi connectivity index (χ0v) is 42.5. The van der Waals surface area contributed by atoms with Crippen molar-refractivity contribution in [2.24, 2.45) is 0 Å². The molecule has 0 saturated carbocycles. The summed E-state index contributed by atoms with van der Waals surface area (Å²) in [6.45, 7) is 7.63. The summed E-state index contributed by atoms with van der Waals surface area (Å²) in [5.41, 5.74) is 0. The van der Waals surface area contributed by atoms with Gasteiger partial charge >= 0.3 is 11.9 Å². The normalized spacial score (nSPS) is 12.7. The van der Waals surface area contributed by atoms with E-state index >= 15 is 0 Å². The van der Waals surface area contributed by atoms with Crippen molar-refractivity contribution in [2.45, 2.75) is 271 Å². The number of hydrogen-bond donors (Lipinski definition) is 0. The molecular weight excluding hydrogens is 789 g/mol. The summed E-state index contributed by atoms with van der Waals surface area (Å²) in [5, 5.41) is 0. The van der Waals surface area contributed by atoms with Crippen LogP contribution in [0.15, 0.2) is 72.9 Å². The molecule has 0 aromatic carbocycles. The van der Waals surface area contributed by atoms with Gasteiger partial charge in [0.15, 0.2) is 6.10 Å². The molecule has 5 nitrogen and oxygen atoms in total. The predicted molar refractivity (Wildman–Crippen MR) is 279 cm³/mol. The number of carbonyl (C=O) groups excluding carboxylic acids is 2. The van der Waals surface area contributed by atoms with Crippen molar-refractivity contribution in [3.8, 4) is 0 Å². The van der Waals surface area contributed by atoms with Gasteiger partial charge in [0.25, 0.3) is 0 Å². The summed E-state index contributed by atoms with van der Waals surface area (Å²) in [4.78, 5) is 25.5. The van der Waals surface area contributed by atoms with Crippen molar-refractivity contribution in [2.75, 3.05) is 19.8 Å². The molecule has 0 aliphatic rings. The van der Waals surface area contributed by atoms with E-state index in [2.05, 4.69) is 93.7 Å². The third-order valence-electron chi connectivity index (χ3n) is 11.7. The van der Waals surface area contributed by atoms with Crippen LogP contribution in [0.3, 0.4) is 0 Å². The van der Waals surface area contributed by atoms with E-state index in [9.17, 15) is 9.59 Å². The maximum absolute atomic E-state index is 12.8. The Morgan fingerprint density at radius 1 is 0.359 bits per heavy atom. The van der Waals surface area contributed by atoms with Crippen LogP contribution >= 0.6 is 0 Å². The van der Waals surface area contributed by atoms with E-state index in [-0.39, 0.29) is 25.2 Å². The van der Waals surface area contributed by atoms with Crippen molar-refractivity contribution < 1.29 is 23.8 Å². The molecule has 1 atom stereocenters. The minimum absolute atomic E-state index is 0.0670. The van der Waals surface area contributed by atoms with Crippen molar-refractivity contribution in [3.63, 3.8) is 0 Å². The smallest absolute Gasteiger partial charge is 0.306 e. The predicted octanol–water partition coefficient (Wildman–Crippen LogP) is 18.7. The Balaban J connectivity index is 4.33. The van der Waals surface area contributed by atoms with Crippen LogP contribution in [0.5, 0.6) is 0 Å². The van der Waals surface area contributed by atoms with Crippen molar-refractivity contribution in [1.29, 1.82) is 0 Å². The number of allylic oxidation sites excluding steroid dienone is 12. The molecule has 0 aromatic heterocycles. The lowest BCUT2D eigenvalue weighted by Crippen LogP contribution is -2.30. The van der Waals surface area contributed by atoms with Crippen molar-refractivity contribution >= 4 is 11.9 Å². The zero-order chi connectivity index (χ0) is 46.3. The van der Waals surface area contributed by atoms with Crippen molar-refractivity contribution in [3.05, 3.63) is 72.9 Å². The van der Waals surface area contributed by atoms with Crippen LogP contribution in [-0.2, 0) is 23.8 Å². The lowest BCUT2D eigenvalue weighted by atomic mass is 10.0. The number of carbonyl (C=O) groups is 2. The minimum atomic E-state index is -0.561. The van der Waals surface area contributed by atoms with E-state index in [1.807, 2.05) is 0 Å². The highest BCUT2D eigenvalue weighted by Crippen LogP contribution is 2.15. The standard InChI is InChI=1S/C59H104O5/c1-4-7-10-13-16-19-22-25-28-30-32-34-37-40-43-46-49-52-58(60)63-56-57(55-62-54-51-48-45-42-39-36-33-29-26-23-20-17-14-11-8-5-2)64-59(61)53-50-47-44-41-38-35-31-27-24-21-18-15-12-9-6-3/h8,11,17-18,20-21,26-27,29,31,36,39,57H,4-7,9-10,12-16,19,22-25,28,30,32-35,37-38,40-56H2,1-3H3/b11-8-,20-17-,21-18-,29-26-,31-27-,39-36-. The lowest BCUT2D eigenvalue weighted by Gasteiger charge is -2.18. The highest BCUT2D eigenvalue weighted by atomic mass is 16.6. The van der Waals surface area contributed by atoms with Gasteiger partial charge < -0.3 is 14.2 Å². The quantitative estimate of drug-likeness (QED) is 0.0346. The zero-order valence-electron chi connectivity index (χ0n) is 42.5. The van der Waals surface area contributed by atoms with Crippen LogP contribution in [-0.4, -0.2) is 37.9 Å². The van der Waals surface area contributed by atoms with E-state index in [0.29, 0.717) is 19.4 Å². The minimum Gasteiger partial charge on any atom is -0.462 e. The molecule has 0 N–H and O–H groups in total. The molecule has 0 heterocycles. The van der Waals surface area contributed by atoms with Gasteiger partial charge in [-0.05, 0) is 89.9 Å². The Kier molecular flexibility index (Phi) is 52.4. The van der Waals surface area contributed by atoms with Crippen LogP contribution in [0.25, 0.3) is 0 Å². The average Bonchev–Trinajstić information content (AvgIpc) is 3.30. The maximum atomic E-state index is 12.8. The Morgan fingerprint density at radius 2 is 0.703 bits per heavy atom. The van der Waals surface area contributed by atoms with Gasteiger partial charge in [-0.25, -0.2) is 0 Å². The summed E-state index contributed by atoms with van der Waals surface area (Å²) in [5.74, 6) is -0.423. The number of unbranched alkanes of at least 4 members (excludes halogenated alkanes) is 27. The Morgan fingerprint density at radius 3 is 1.16 bits per heavy atom. The van der Waals surface area contributed by atoms with Crippen LogP contribution < -0.4 is 0 Å². The van der Waals surface area contributed by atoms with Gasteiger partial charge in [0.05, 0.1) is 6.61 Å². The van der Waals surface area contributed by atoms with Crippen LogP contribution in [0.2, 0.25) is 0 Å². The molecule has 0 rings (SSSR count). The van der Waals surface area contributed by atoms with Gasteiger partial charge in [-0.3, -0.25) is 9.59 Å². The van der Waals surface area contributed by atoms with E-state index < -0.39 is 6.10 Å². The molecule has 0 aliphatic heterocycles. The fourth-order valence-electron chi connectivity index (χ4n) is 7.65. The fourth-order valence-corrected chi connectivity index (χ4v) is 7.65. The summed E-state index contributed by atoms with van der Waals surface area (Å²) >= 11 is 0.